The van der Waals surface area contributed by atoms with Gasteiger partial charge < -0.3 is 23.5 Å². The number of anilines is 1. The lowest BCUT2D eigenvalue weighted by Gasteiger charge is -2.35. The topological polar surface area (TPSA) is 111 Å². The van der Waals surface area contributed by atoms with E-state index in [2.05, 4.69) is 9.97 Å². The minimum Gasteiger partial charge on any atom is -0.486 e. The first-order valence-electron chi connectivity index (χ1n) is 10.1. The third-order valence-electron chi connectivity index (χ3n) is 4.41. The molecule has 1 fully saturated rings. The van der Waals surface area contributed by atoms with Crippen molar-refractivity contribution in [2.45, 2.75) is 33.0 Å². The normalized spacial score (nSPS) is 14.8. The number of amides is 1. The van der Waals surface area contributed by atoms with Crippen LogP contribution in [0.5, 0.6) is 11.5 Å². The zero-order chi connectivity index (χ0) is 23.4. The van der Waals surface area contributed by atoms with Crippen molar-refractivity contribution < 1.29 is 26.9 Å². The van der Waals surface area contributed by atoms with Crippen molar-refractivity contribution in [2.75, 3.05) is 37.3 Å². The van der Waals surface area contributed by atoms with E-state index in [0.29, 0.717) is 37.9 Å². The number of carbonyl (C=O) groups is 1. The van der Waals surface area contributed by atoms with Gasteiger partial charge in [-0.05, 0) is 38.5 Å². The van der Waals surface area contributed by atoms with Crippen LogP contribution < -0.4 is 13.8 Å². The maximum absolute atomic E-state index is 12.2. The van der Waals surface area contributed by atoms with Gasteiger partial charge in [0.1, 0.15) is 18.0 Å². The van der Waals surface area contributed by atoms with Crippen molar-refractivity contribution in [1.82, 2.24) is 14.9 Å². The number of piperazine rings is 1. The summed E-state index contributed by atoms with van der Waals surface area (Å²) >= 11 is 0. The highest BCUT2D eigenvalue weighted by atomic mass is 32.2. The number of aromatic nitrogens is 2. The van der Waals surface area contributed by atoms with Crippen molar-refractivity contribution in [3.05, 3.63) is 42.2 Å². The molecule has 0 atom stereocenters. The molecule has 2 aromatic rings. The monoisotopic (exact) mass is 464 g/mol. The number of benzene rings is 1. The zero-order valence-electron chi connectivity index (χ0n) is 18.6. The Hall–Kier alpha value is -3.08. The molecule has 1 aliphatic rings. The Bertz CT molecular complexity index is 1010. The number of hydrogen-bond donors (Lipinski definition) is 0. The summed E-state index contributed by atoms with van der Waals surface area (Å²) in [5.74, 6) is 1.33. The summed E-state index contributed by atoms with van der Waals surface area (Å²) in [4.78, 5) is 24.6. The molecule has 1 aliphatic heterocycles. The molecule has 3 rings (SSSR count). The Morgan fingerprint density at radius 3 is 2.12 bits per heavy atom. The Balaban J connectivity index is 1.48. The fraction of sp³-hybridized carbons (Fsp3) is 0.476. The van der Waals surface area contributed by atoms with Crippen molar-refractivity contribution in [1.29, 1.82) is 0 Å². The molecule has 0 N–H and O–H groups in total. The number of carbonyl (C=O) groups excluding carboxylic acids is 1. The van der Waals surface area contributed by atoms with Crippen LogP contribution in [0.2, 0.25) is 0 Å². The Labute approximate surface area is 188 Å². The zero-order valence-corrected chi connectivity index (χ0v) is 19.5. The molecule has 1 aromatic heterocycles. The van der Waals surface area contributed by atoms with Crippen LogP contribution in [-0.4, -0.2) is 67.4 Å². The molecule has 174 valence electrons. The van der Waals surface area contributed by atoms with Crippen LogP contribution in [0, 0.1) is 0 Å². The standard InChI is InChI=1S/C21H28N4O6S/c1-21(2,3)30-20(26)25-11-9-24(10-12-25)19-22-13-18(14-23-19)29-15-16-5-7-17(8-6-16)31-32(4,27)28/h5-8,13-14H,9-12,15H2,1-4H3. The average molecular weight is 465 g/mol. The maximum Gasteiger partial charge on any atom is 0.410 e. The molecule has 1 aromatic carbocycles. The van der Waals surface area contributed by atoms with Crippen LogP contribution in [0.15, 0.2) is 36.7 Å². The van der Waals surface area contributed by atoms with Gasteiger partial charge in [-0.3, -0.25) is 0 Å². The second-order valence-corrected chi connectivity index (χ2v) is 9.97. The highest BCUT2D eigenvalue weighted by Crippen LogP contribution is 2.18. The second-order valence-electron chi connectivity index (χ2n) is 8.39. The molecular weight excluding hydrogens is 436 g/mol. The Kier molecular flexibility index (Phi) is 7.07. The summed E-state index contributed by atoms with van der Waals surface area (Å²) in [6, 6.07) is 6.58. The summed E-state index contributed by atoms with van der Waals surface area (Å²) in [6.07, 6.45) is 3.89. The van der Waals surface area contributed by atoms with E-state index in [1.54, 1.807) is 41.6 Å². The van der Waals surface area contributed by atoms with Crippen molar-refractivity contribution in [3.63, 3.8) is 0 Å². The van der Waals surface area contributed by atoms with Gasteiger partial charge in [-0.15, -0.1) is 0 Å². The minimum absolute atomic E-state index is 0.246. The minimum atomic E-state index is -3.55. The molecular formula is C21H28N4O6S. The van der Waals surface area contributed by atoms with Gasteiger partial charge in [0, 0.05) is 26.2 Å². The lowest BCUT2D eigenvalue weighted by molar-refractivity contribution is 0.0240. The van der Waals surface area contributed by atoms with Gasteiger partial charge >= 0.3 is 16.2 Å². The maximum atomic E-state index is 12.2. The largest absolute Gasteiger partial charge is 0.486 e. The fourth-order valence-corrected chi connectivity index (χ4v) is 3.41. The predicted octanol–water partition coefficient (Wildman–Crippen LogP) is 2.45. The molecule has 0 saturated carbocycles. The molecule has 0 radical (unpaired) electrons. The number of rotatable bonds is 6. The van der Waals surface area contributed by atoms with Crippen LogP contribution in [0.1, 0.15) is 26.3 Å². The van der Waals surface area contributed by atoms with E-state index in [1.807, 2.05) is 25.7 Å². The number of hydrogen-bond acceptors (Lipinski definition) is 9. The molecule has 0 unspecified atom stereocenters. The van der Waals surface area contributed by atoms with Crippen LogP contribution in [0.3, 0.4) is 0 Å². The average Bonchev–Trinajstić information content (AvgIpc) is 2.71. The summed E-state index contributed by atoms with van der Waals surface area (Å²) in [7, 11) is -3.55. The molecule has 32 heavy (non-hydrogen) atoms. The van der Waals surface area contributed by atoms with Gasteiger partial charge in [-0.25, -0.2) is 14.8 Å². The van der Waals surface area contributed by atoms with E-state index in [4.69, 9.17) is 13.7 Å². The molecule has 0 aliphatic carbocycles. The molecule has 11 heteroatoms. The molecule has 2 heterocycles. The second kappa shape index (κ2) is 9.60. The first-order chi connectivity index (χ1) is 15.0. The van der Waals surface area contributed by atoms with E-state index in [-0.39, 0.29) is 18.4 Å². The smallest absolute Gasteiger partial charge is 0.410 e. The van der Waals surface area contributed by atoms with Gasteiger partial charge in [0.15, 0.2) is 5.75 Å². The number of nitrogens with zero attached hydrogens (tertiary/aromatic N) is 4. The van der Waals surface area contributed by atoms with Crippen molar-refractivity contribution >= 4 is 22.2 Å². The molecule has 0 spiro atoms. The summed E-state index contributed by atoms with van der Waals surface area (Å²) in [6.45, 7) is 8.12. The first kappa shape index (κ1) is 23.6. The van der Waals surface area contributed by atoms with Crippen LogP contribution in [0.25, 0.3) is 0 Å². The quantitative estimate of drug-likeness (QED) is 0.595. The van der Waals surface area contributed by atoms with Gasteiger partial charge in [0.05, 0.1) is 18.6 Å². The predicted molar refractivity (Wildman–Crippen MR) is 118 cm³/mol. The van der Waals surface area contributed by atoms with E-state index in [1.165, 1.54) is 0 Å². The Morgan fingerprint density at radius 2 is 1.59 bits per heavy atom. The van der Waals surface area contributed by atoms with Crippen LogP contribution in [-0.2, 0) is 21.5 Å². The highest BCUT2D eigenvalue weighted by molar-refractivity contribution is 7.86. The first-order valence-corrected chi connectivity index (χ1v) is 12.0. The molecule has 1 saturated heterocycles. The van der Waals surface area contributed by atoms with E-state index < -0.39 is 15.7 Å². The van der Waals surface area contributed by atoms with E-state index in [9.17, 15) is 13.2 Å². The number of ether oxygens (including phenoxy) is 2. The van der Waals surface area contributed by atoms with Crippen LogP contribution in [0.4, 0.5) is 10.7 Å². The van der Waals surface area contributed by atoms with Gasteiger partial charge in [-0.1, -0.05) is 12.1 Å². The summed E-state index contributed by atoms with van der Waals surface area (Å²) in [5, 5.41) is 0. The lowest BCUT2D eigenvalue weighted by atomic mass is 10.2. The lowest BCUT2D eigenvalue weighted by Crippen LogP contribution is -2.50. The highest BCUT2D eigenvalue weighted by Gasteiger charge is 2.26. The molecule has 10 nitrogen and oxygen atoms in total. The third kappa shape index (κ3) is 7.26. The molecule has 0 bridgehead atoms. The molecule has 1 amide bonds. The van der Waals surface area contributed by atoms with Gasteiger partial charge in [0.2, 0.25) is 5.95 Å². The summed E-state index contributed by atoms with van der Waals surface area (Å²) < 4.78 is 38.2. The Morgan fingerprint density at radius 1 is 1.00 bits per heavy atom. The van der Waals surface area contributed by atoms with Crippen LogP contribution >= 0.6 is 0 Å². The van der Waals surface area contributed by atoms with Crippen molar-refractivity contribution in [3.8, 4) is 11.5 Å². The van der Waals surface area contributed by atoms with Gasteiger partial charge in [-0.2, -0.15) is 8.42 Å². The van der Waals surface area contributed by atoms with Gasteiger partial charge in [0.25, 0.3) is 0 Å². The third-order valence-corrected chi connectivity index (χ3v) is 4.90. The summed E-state index contributed by atoms with van der Waals surface area (Å²) in [5.41, 5.74) is 0.326. The SMILES string of the molecule is CC(C)(C)OC(=O)N1CCN(c2ncc(OCc3ccc(OS(C)(=O)=O)cc3)cn2)CC1. The van der Waals surface area contributed by atoms with Crippen molar-refractivity contribution in [2.24, 2.45) is 0 Å². The van der Waals surface area contributed by atoms with E-state index >= 15 is 0 Å². The fourth-order valence-electron chi connectivity index (χ4n) is 2.95. The van der Waals surface area contributed by atoms with E-state index in [0.717, 1.165) is 11.8 Å².